The lowest BCUT2D eigenvalue weighted by Gasteiger charge is -2.21. The van der Waals surface area contributed by atoms with Gasteiger partial charge in [-0.25, -0.2) is 8.78 Å². The topological polar surface area (TPSA) is 9.23 Å². The Balaban J connectivity index is 3.56. The van der Waals surface area contributed by atoms with Crippen molar-refractivity contribution in [3.8, 4) is 0 Å². The molecule has 62 valence electrons. The van der Waals surface area contributed by atoms with E-state index in [1.165, 1.54) is 0 Å². The van der Waals surface area contributed by atoms with E-state index in [9.17, 15) is 8.78 Å². The minimum Gasteiger partial charge on any atom is -0.370 e. The first-order chi connectivity index (χ1) is 4.21. The molecule has 3 heteroatoms. The maximum Gasteiger partial charge on any atom is 0.268 e. The third-order valence-electron chi connectivity index (χ3n) is 0.759. The monoisotopic (exact) mass is 152 g/mol. The van der Waals surface area contributed by atoms with Crippen LogP contribution in [0.3, 0.4) is 0 Å². The minimum absolute atomic E-state index is 0.473. The summed E-state index contributed by atoms with van der Waals surface area (Å²) in [5.74, 6) is -2.71. The molecule has 0 rings (SSSR count). The molecule has 0 aromatic heterocycles. The Morgan fingerprint density at radius 3 is 1.60 bits per heavy atom. The van der Waals surface area contributed by atoms with Crippen LogP contribution in [0.15, 0.2) is 0 Å². The molecular weight excluding hydrogens is 138 g/mol. The molecule has 0 bridgehead atoms. The Labute approximate surface area is 60.4 Å². The van der Waals surface area contributed by atoms with Crippen LogP contribution in [0.5, 0.6) is 0 Å². The van der Waals surface area contributed by atoms with E-state index >= 15 is 0 Å². The molecule has 0 amide bonds. The Morgan fingerprint density at radius 1 is 1.10 bits per heavy atom. The highest BCUT2D eigenvalue weighted by molar-refractivity contribution is 4.63. The van der Waals surface area contributed by atoms with Gasteiger partial charge in [0.05, 0.1) is 5.60 Å². The Kier molecular flexibility index (Phi) is 2.77. The van der Waals surface area contributed by atoms with Gasteiger partial charge < -0.3 is 4.74 Å². The normalized spacial score (nSPS) is 13.8. The maximum absolute atomic E-state index is 12.1. The van der Waals surface area contributed by atoms with E-state index in [1.807, 2.05) is 0 Å². The quantitative estimate of drug-likeness (QED) is 0.590. The van der Waals surface area contributed by atoms with E-state index < -0.39 is 18.1 Å². The Bertz CT molecular complexity index is 85.2. The first-order valence-corrected chi connectivity index (χ1v) is 3.22. The molecule has 0 saturated heterocycles. The van der Waals surface area contributed by atoms with Crippen LogP contribution in [0, 0.1) is 0 Å². The van der Waals surface area contributed by atoms with Gasteiger partial charge in [-0.2, -0.15) is 0 Å². The predicted octanol–water partition coefficient (Wildman–Crippen LogP) is 2.46. The van der Waals surface area contributed by atoms with Gasteiger partial charge >= 0.3 is 0 Å². The van der Waals surface area contributed by atoms with Crippen LogP contribution in [-0.2, 0) is 4.74 Å². The van der Waals surface area contributed by atoms with Crippen molar-refractivity contribution in [3.05, 3.63) is 0 Å². The average Bonchev–Trinajstić information content (AvgIpc) is 1.57. The molecule has 0 aromatic rings. The van der Waals surface area contributed by atoms with Crippen molar-refractivity contribution in [3.63, 3.8) is 0 Å². The van der Waals surface area contributed by atoms with Gasteiger partial charge in [0, 0.05) is 6.92 Å². The highest BCUT2D eigenvalue weighted by Crippen LogP contribution is 2.16. The van der Waals surface area contributed by atoms with Crippen molar-refractivity contribution < 1.29 is 13.5 Å². The maximum atomic E-state index is 12.1. The third-order valence-corrected chi connectivity index (χ3v) is 0.759. The van der Waals surface area contributed by atoms with Crippen LogP contribution < -0.4 is 0 Å². The van der Waals surface area contributed by atoms with Gasteiger partial charge in [0.15, 0.2) is 0 Å². The number of alkyl halides is 2. The number of halogens is 2. The fourth-order valence-electron chi connectivity index (χ4n) is 0.343. The zero-order valence-corrected chi connectivity index (χ0v) is 6.87. The van der Waals surface area contributed by atoms with Gasteiger partial charge in [-0.05, 0) is 20.8 Å². The summed E-state index contributed by atoms with van der Waals surface area (Å²) in [5.41, 5.74) is -0.473. The van der Waals surface area contributed by atoms with E-state index in [1.54, 1.807) is 20.8 Å². The van der Waals surface area contributed by atoms with E-state index in [0.717, 1.165) is 6.92 Å². The fraction of sp³-hybridized carbons (Fsp3) is 1.00. The largest absolute Gasteiger partial charge is 0.370 e. The standard InChI is InChI=1S/C7H14F2O/c1-6(2,3)10-5-7(4,8)9/h5H2,1-4H3. The summed E-state index contributed by atoms with van der Waals surface area (Å²) in [4.78, 5) is 0. The van der Waals surface area contributed by atoms with Crippen molar-refractivity contribution in [2.24, 2.45) is 0 Å². The summed E-state index contributed by atoms with van der Waals surface area (Å²) in [7, 11) is 0. The van der Waals surface area contributed by atoms with Gasteiger partial charge in [0.25, 0.3) is 5.92 Å². The van der Waals surface area contributed by atoms with Crippen molar-refractivity contribution in [2.45, 2.75) is 39.2 Å². The Hall–Kier alpha value is -0.180. The molecule has 0 radical (unpaired) electrons. The third kappa shape index (κ3) is 7.82. The van der Waals surface area contributed by atoms with Crippen molar-refractivity contribution in [1.29, 1.82) is 0 Å². The van der Waals surface area contributed by atoms with Crippen molar-refractivity contribution >= 4 is 0 Å². The smallest absolute Gasteiger partial charge is 0.268 e. The molecule has 10 heavy (non-hydrogen) atoms. The second kappa shape index (κ2) is 2.82. The summed E-state index contributed by atoms with van der Waals surface area (Å²) in [5, 5.41) is 0. The summed E-state index contributed by atoms with van der Waals surface area (Å²) in [6, 6.07) is 0. The molecule has 0 atom stereocenters. The highest BCUT2D eigenvalue weighted by Gasteiger charge is 2.24. The van der Waals surface area contributed by atoms with Crippen LogP contribution in [-0.4, -0.2) is 18.1 Å². The lowest BCUT2D eigenvalue weighted by atomic mass is 10.2. The lowest BCUT2D eigenvalue weighted by Crippen LogP contribution is -2.28. The van der Waals surface area contributed by atoms with Gasteiger partial charge in [-0.3, -0.25) is 0 Å². The molecular formula is C7H14F2O. The van der Waals surface area contributed by atoms with Gasteiger partial charge in [-0.15, -0.1) is 0 Å². The second-order valence-electron chi connectivity index (χ2n) is 3.47. The second-order valence-corrected chi connectivity index (χ2v) is 3.47. The molecule has 0 aliphatic carbocycles. The number of ether oxygens (including phenoxy) is 1. The van der Waals surface area contributed by atoms with Crippen LogP contribution in [0.25, 0.3) is 0 Å². The van der Waals surface area contributed by atoms with Crippen molar-refractivity contribution in [1.82, 2.24) is 0 Å². The molecule has 0 N–H and O–H groups in total. The zero-order valence-electron chi connectivity index (χ0n) is 6.87. The SMILES string of the molecule is CC(F)(F)COC(C)(C)C. The van der Waals surface area contributed by atoms with Crippen LogP contribution in [0.1, 0.15) is 27.7 Å². The van der Waals surface area contributed by atoms with Gasteiger partial charge in [-0.1, -0.05) is 0 Å². The Morgan fingerprint density at radius 2 is 1.50 bits per heavy atom. The molecule has 0 aliphatic heterocycles. The number of hydrogen-bond acceptors (Lipinski definition) is 1. The molecule has 0 saturated carbocycles. The van der Waals surface area contributed by atoms with Crippen LogP contribution >= 0.6 is 0 Å². The molecule has 1 nitrogen and oxygen atoms in total. The van der Waals surface area contributed by atoms with Crippen molar-refractivity contribution in [2.75, 3.05) is 6.61 Å². The minimum atomic E-state index is -2.71. The summed E-state index contributed by atoms with van der Waals surface area (Å²) in [6.45, 7) is 5.59. The van der Waals surface area contributed by atoms with Gasteiger partial charge in [0.2, 0.25) is 0 Å². The number of hydrogen-bond donors (Lipinski definition) is 0. The van der Waals surface area contributed by atoms with E-state index in [0.29, 0.717) is 0 Å². The summed E-state index contributed by atoms with van der Waals surface area (Å²) < 4.78 is 29.1. The molecule has 0 spiro atoms. The highest BCUT2D eigenvalue weighted by atomic mass is 19.3. The molecule has 0 unspecified atom stereocenters. The van der Waals surface area contributed by atoms with Crippen LogP contribution in [0.2, 0.25) is 0 Å². The molecule has 0 heterocycles. The van der Waals surface area contributed by atoms with Gasteiger partial charge in [0.1, 0.15) is 6.61 Å². The van der Waals surface area contributed by atoms with E-state index in [4.69, 9.17) is 4.74 Å². The molecule has 0 fully saturated rings. The first-order valence-electron chi connectivity index (χ1n) is 3.22. The lowest BCUT2D eigenvalue weighted by molar-refractivity contribution is -0.111. The van der Waals surface area contributed by atoms with E-state index in [-0.39, 0.29) is 0 Å². The first kappa shape index (κ1) is 9.82. The summed E-state index contributed by atoms with van der Waals surface area (Å²) in [6.07, 6.45) is 0. The number of rotatable bonds is 2. The van der Waals surface area contributed by atoms with E-state index in [2.05, 4.69) is 0 Å². The molecule has 0 aromatic carbocycles. The zero-order chi connectivity index (χ0) is 8.41. The molecule has 0 aliphatic rings. The average molecular weight is 152 g/mol. The predicted molar refractivity (Wildman–Crippen MR) is 36.3 cm³/mol. The van der Waals surface area contributed by atoms with Crippen LogP contribution in [0.4, 0.5) is 8.78 Å². The summed E-state index contributed by atoms with van der Waals surface area (Å²) >= 11 is 0. The fourth-order valence-corrected chi connectivity index (χ4v) is 0.343.